The van der Waals surface area contributed by atoms with Crippen LogP contribution in [0.25, 0.3) is 0 Å². The number of nitrogens with zero attached hydrogens (tertiary/aromatic N) is 1. The second kappa shape index (κ2) is 11.3. The summed E-state index contributed by atoms with van der Waals surface area (Å²) in [6.07, 6.45) is 1.24. The number of nitrogens with one attached hydrogen (secondary N) is 2. The number of halogens is 2. The van der Waals surface area contributed by atoms with Gasteiger partial charge in [-0.2, -0.15) is 0 Å². The molecule has 0 radical (unpaired) electrons. The maximum atomic E-state index is 14.2. The van der Waals surface area contributed by atoms with Crippen LogP contribution in [-0.4, -0.2) is 69.0 Å². The van der Waals surface area contributed by atoms with Crippen molar-refractivity contribution >= 4 is 52.7 Å². The molecule has 1 aromatic carbocycles. The van der Waals surface area contributed by atoms with Crippen LogP contribution in [0, 0.1) is 17.8 Å². The minimum Gasteiger partial charge on any atom is -0.444 e. The van der Waals surface area contributed by atoms with Crippen LogP contribution in [-0.2, 0) is 36.8 Å². The first-order valence-electron chi connectivity index (χ1n) is 13.8. The molecule has 1 aromatic rings. The van der Waals surface area contributed by atoms with Crippen molar-refractivity contribution in [1.29, 1.82) is 0 Å². The number of ether oxygens (including phenoxy) is 1. The lowest BCUT2D eigenvalue weighted by Crippen LogP contribution is -2.59. The Hall–Kier alpha value is -2.65. The molecule has 40 heavy (non-hydrogen) atoms. The molecule has 3 aliphatic rings. The number of piperidine rings is 1. The Bertz CT molecular complexity index is 1190. The van der Waals surface area contributed by atoms with Gasteiger partial charge in [0.15, 0.2) is 5.78 Å². The minimum absolute atomic E-state index is 0.125. The molecule has 2 aliphatic carbocycles. The number of carbonyl (C=O) groups excluding carboxylic acids is 5. The third-order valence-corrected chi connectivity index (χ3v) is 9.00. The van der Waals surface area contributed by atoms with Crippen molar-refractivity contribution in [2.75, 3.05) is 6.54 Å². The van der Waals surface area contributed by atoms with E-state index in [-0.39, 0.29) is 24.8 Å². The zero-order valence-corrected chi connectivity index (χ0v) is 25.0. The van der Waals surface area contributed by atoms with E-state index in [9.17, 15) is 24.0 Å². The van der Waals surface area contributed by atoms with Crippen molar-refractivity contribution in [2.45, 2.75) is 88.4 Å². The zero-order chi connectivity index (χ0) is 29.6. The number of carbonyl (C=O) groups is 5. The van der Waals surface area contributed by atoms with Crippen molar-refractivity contribution in [3.63, 3.8) is 0 Å². The Kier molecular flexibility index (Phi) is 8.58. The van der Waals surface area contributed by atoms with Crippen molar-refractivity contribution in [2.24, 2.45) is 17.8 Å². The molecule has 1 saturated heterocycles. The van der Waals surface area contributed by atoms with Gasteiger partial charge in [-0.15, -0.1) is 23.2 Å². The van der Waals surface area contributed by atoms with Gasteiger partial charge < -0.3 is 20.3 Å². The predicted molar refractivity (Wildman–Crippen MR) is 150 cm³/mol. The van der Waals surface area contributed by atoms with Crippen molar-refractivity contribution in [3.05, 3.63) is 35.4 Å². The quantitative estimate of drug-likeness (QED) is 0.334. The van der Waals surface area contributed by atoms with Gasteiger partial charge in [0, 0.05) is 25.3 Å². The summed E-state index contributed by atoms with van der Waals surface area (Å²) in [5.74, 6) is -3.54. The highest BCUT2D eigenvalue weighted by Crippen LogP contribution is 2.65. The van der Waals surface area contributed by atoms with E-state index in [4.69, 9.17) is 27.9 Å². The van der Waals surface area contributed by atoms with Crippen LogP contribution >= 0.6 is 23.2 Å². The molecule has 9 nitrogen and oxygen atoms in total. The minimum atomic E-state index is -1.19. The summed E-state index contributed by atoms with van der Waals surface area (Å²) in [4.78, 5) is 66.4. The van der Waals surface area contributed by atoms with Crippen molar-refractivity contribution in [1.82, 2.24) is 15.5 Å². The Morgan fingerprint density at radius 3 is 2.20 bits per heavy atom. The molecule has 2 fully saturated rings. The monoisotopic (exact) mass is 593 g/mol. The average molecular weight is 595 g/mol. The number of hydrogen-bond acceptors (Lipinski definition) is 6. The number of Topliss-reactive ketones (excluding diaryl/α,β-unsaturated/α-hetero) is 2. The SMILES string of the molecule is CCCC(NC(=O)[C@@H]1[C@@H]2[C@H](CN1C(=O)[C@@H](NC(=O)OC(C)(C)C)C1Cc3ccccc3C1)C2(Cl)Cl)C(=O)C(C)=O. The second-order valence-electron chi connectivity index (χ2n) is 12.1. The van der Waals surface area contributed by atoms with Gasteiger partial charge in [0.05, 0.1) is 6.04 Å². The van der Waals surface area contributed by atoms with Gasteiger partial charge in [-0.1, -0.05) is 37.6 Å². The van der Waals surface area contributed by atoms with E-state index in [0.29, 0.717) is 19.3 Å². The standard InChI is InChI=1S/C29H37Cl2N3O6/c1-6-9-20(24(36)15(2)35)32-25(37)23-21-19(29(21,30)31)14-34(23)26(38)22(33-27(39)40-28(3,4)5)18-12-16-10-7-8-11-17(16)13-18/h7-8,10-11,18-23H,6,9,12-14H2,1-5H3,(H,32,37)(H,33,39)/t19-,20?,21-,22-,23-/m0/s1. The maximum absolute atomic E-state index is 14.2. The molecule has 3 amide bonds. The second-order valence-corrected chi connectivity index (χ2v) is 13.5. The molecule has 1 saturated carbocycles. The van der Waals surface area contributed by atoms with Gasteiger partial charge in [0.1, 0.15) is 22.0 Å². The zero-order valence-electron chi connectivity index (χ0n) is 23.5. The van der Waals surface area contributed by atoms with Crippen LogP contribution in [0.15, 0.2) is 24.3 Å². The molecular weight excluding hydrogens is 557 g/mol. The number of alkyl carbamates (subject to hydrolysis) is 1. The van der Waals surface area contributed by atoms with Gasteiger partial charge in [0.25, 0.3) is 0 Å². The van der Waals surface area contributed by atoms with E-state index in [1.165, 1.54) is 4.90 Å². The number of likely N-dealkylation sites (tertiary alicyclic amines) is 1. The molecule has 0 bridgehead atoms. The lowest BCUT2D eigenvalue weighted by atomic mass is 9.94. The van der Waals surface area contributed by atoms with E-state index in [1.54, 1.807) is 20.8 Å². The van der Waals surface area contributed by atoms with Crippen LogP contribution in [0.1, 0.15) is 58.6 Å². The number of alkyl halides is 2. The van der Waals surface area contributed by atoms with Gasteiger partial charge in [-0.05, 0) is 57.1 Å². The Morgan fingerprint density at radius 2 is 1.68 bits per heavy atom. The van der Waals surface area contributed by atoms with Crippen LogP contribution in [0.3, 0.4) is 0 Å². The molecule has 0 aromatic heterocycles. The molecule has 5 atom stereocenters. The molecule has 1 aliphatic heterocycles. The van der Waals surface area contributed by atoms with Gasteiger partial charge in [-0.3, -0.25) is 19.2 Å². The largest absolute Gasteiger partial charge is 0.444 e. The summed E-state index contributed by atoms with van der Waals surface area (Å²) >= 11 is 13.0. The van der Waals surface area contributed by atoms with Crippen LogP contribution in [0.5, 0.6) is 0 Å². The smallest absolute Gasteiger partial charge is 0.408 e. The number of amides is 3. The highest BCUT2D eigenvalue weighted by Gasteiger charge is 2.74. The van der Waals surface area contributed by atoms with Crippen LogP contribution < -0.4 is 10.6 Å². The highest BCUT2D eigenvalue weighted by atomic mass is 35.5. The number of fused-ring (bicyclic) bond motifs is 2. The summed E-state index contributed by atoms with van der Waals surface area (Å²) in [5, 5.41) is 5.46. The molecular formula is C29H37Cl2N3O6. The Labute approximate surface area is 244 Å². The highest BCUT2D eigenvalue weighted by molar-refractivity contribution is 6.51. The van der Waals surface area contributed by atoms with Gasteiger partial charge in [-0.25, -0.2) is 4.79 Å². The Balaban J connectivity index is 1.60. The Morgan fingerprint density at radius 1 is 1.07 bits per heavy atom. The predicted octanol–water partition coefficient (Wildman–Crippen LogP) is 3.37. The summed E-state index contributed by atoms with van der Waals surface area (Å²) in [6.45, 7) is 8.33. The summed E-state index contributed by atoms with van der Waals surface area (Å²) in [7, 11) is 0. The number of hydrogen-bond donors (Lipinski definition) is 2. The number of benzene rings is 1. The first kappa shape index (κ1) is 30.3. The van der Waals surface area contributed by atoms with Crippen LogP contribution in [0.2, 0.25) is 0 Å². The molecule has 4 rings (SSSR count). The maximum Gasteiger partial charge on any atom is 0.408 e. The molecule has 1 heterocycles. The fourth-order valence-electron chi connectivity index (χ4n) is 6.02. The normalized spacial score (nSPS) is 24.4. The molecule has 1 unspecified atom stereocenters. The molecule has 0 spiro atoms. The molecule has 218 valence electrons. The first-order chi connectivity index (χ1) is 18.7. The topological polar surface area (TPSA) is 122 Å². The summed E-state index contributed by atoms with van der Waals surface area (Å²) < 4.78 is 4.28. The number of rotatable bonds is 9. The van der Waals surface area contributed by atoms with E-state index in [2.05, 4.69) is 10.6 Å². The van der Waals surface area contributed by atoms with Crippen LogP contribution in [0.4, 0.5) is 4.79 Å². The third kappa shape index (κ3) is 6.15. The average Bonchev–Trinajstić information content (AvgIpc) is 3.24. The van der Waals surface area contributed by atoms with E-state index >= 15 is 0 Å². The fraction of sp³-hybridized carbons (Fsp3) is 0.621. The third-order valence-electron chi connectivity index (χ3n) is 7.93. The lowest BCUT2D eigenvalue weighted by molar-refractivity contribution is -0.143. The van der Waals surface area contributed by atoms with Crippen molar-refractivity contribution < 1.29 is 28.7 Å². The van der Waals surface area contributed by atoms with E-state index < -0.39 is 63.5 Å². The first-order valence-corrected chi connectivity index (χ1v) is 14.5. The van der Waals surface area contributed by atoms with Gasteiger partial charge >= 0.3 is 6.09 Å². The van der Waals surface area contributed by atoms with E-state index in [0.717, 1.165) is 18.1 Å². The van der Waals surface area contributed by atoms with E-state index in [1.807, 2.05) is 31.2 Å². The lowest BCUT2D eigenvalue weighted by Gasteiger charge is -2.35. The fourth-order valence-corrected chi connectivity index (χ4v) is 6.84. The number of ketones is 2. The van der Waals surface area contributed by atoms with Crippen molar-refractivity contribution in [3.8, 4) is 0 Å². The summed E-state index contributed by atoms with van der Waals surface area (Å²) in [5.41, 5.74) is 1.42. The summed E-state index contributed by atoms with van der Waals surface area (Å²) in [6, 6.07) is 4.83. The molecule has 2 N–H and O–H groups in total. The molecule has 11 heteroatoms. The van der Waals surface area contributed by atoms with Gasteiger partial charge in [0.2, 0.25) is 17.6 Å².